The minimum Gasteiger partial charge on any atom is -0.508 e. The second-order valence-electron chi connectivity index (χ2n) is 11.4. The predicted octanol–water partition coefficient (Wildman–Crippen LogP) is 7.62. The highest BCUT2D eigenvalue weighted by Gasteiger charge is 2.35. The van der Waals surface area contributed by atoms with Gasteiger partial charge in [-0.25, -0.2) is 0 Å². The van der Waals surface area contributed by atoms with Gasteiger partial charge in [0.05, 0.1) is 0 Å². The van der Waals surface area contributed by atoms with Gasteiger partial charge in [0.1, 0.15) is 5.75 Å². The van der Waals surface area contributed by atoms with Gasteiger partial charge in [0.15, 0.2) is 11.6 Å². The van der Waals surface area contributed by atoms with E-state index in [0.29, 0.717) is 30.4 Å². The average molecular weight is 471 g/mol. The minimum atomic E-state index is -0.437. The number of phenols is 1. The Morgan fingerprint density at radius 1 is 0.657 bits per heavy atom. The highest BCUT2D eigenvalue weighted by atomic mass is 16.3. The number of hydrogen-bond acceptors (Lipinski definition) is 3. The number of rotatable bonds is 8. The highest BCUT2D eigenvalue weighted by Crippen LogP contribution is 2.43. The Kier molecular flexibility index (Phi) is 8.00. The number of aryl methyl sites for hydroxylation is 2. The van der Waals surface area contributed by atoms with Gasteiger partial charge in [-0.2, -0.15) is 0 Å². The maximum Gasteiger partial charge on any atom is 0.164 e. The third-order valence-electron chi connectivity index (χ3n) is 6.35. The summed E-state index contributed by atoms with van der Waals surface area (Å²) >= 11 is 0. The molecule has 0 saturated heterocycles. The topological polar surface area (TPSA) is 54.4 Å². The lowest BCUT2D eigenvalue weighted by Crippen LogP contribution is -2.28. The molecule has 0 spiro atoms. The highest BCUT2D eigenvalue weighted by molar-refractivity contribution is 6.10. The molecule has 0 fully saturated rings. The van der Waals surface area contributed by atoms with Crippen molar-refractivity contribution in [3.8, 4) is 5.75 Å². The van der Waals surface area contributed by atoms with Crippen LogP contribution in [0.1, 0.15) is 97.4 Å². The van der Waals surface area contributed by atoms with Crippen molar-refractivity contribution in [2.24, 2.45) is 0 Å². The van der Waals surface area contributed by atoms with E-state index in [1.54, 1.807) is 6.07 Å². The molecule has 0 unspecified atom stereocenters. The van der Waals surface area contributed by atoms with Crippen LogP contribution < -0.4 is 0 Å². The molecule has 3 rings (SSSR count). The van der Waals surface area contributed by atoms with Crippen LogP contribution in [0.25, 0.3) is 0 Å². The van der Waals surface area contributed by atoms with E-state index in [-0.39, 0.29) is 23.7 Å². The molecule has 0 heterocycles. The summed E-state index contributed by atoms with van der Waals surface area (Å²) in [5, 5.41) is 11.2. The third-order valence-corrected chi connectivity index (χ3v) is 6.35. The zero-order valence-electron chi connectivity index (χ0n) is 21.9. The summed E-state index contributed by atoms with van der Waals surface area (Å²) in [6, 6.07) is 21.3. The van der Waals surface area contributed by atoms with Gasteiger partial charge in [0.2, 0.25) is 0 Å². The van der Waals surface area contributed by atoms with Crippen LogP contribution in [0.4, 0.5) is 0 Å². The summed E-state index contributed by atoms with van der Waals surface area (Å²) in [7, 11) is 0. The lowest BCUT2D eigenvalue weighted by Gasteiger charge is -2.34. The Labute approximate surface area is 210 Å². The van der Waals surface area contributed by atoms with Crippen molar-refractivity contribution < 1.29 is 14.7 Å². The van der Waals surface area contributed by atoms with Crippen molar-refractivity contribution in [1.82, 2.24) is 0 Å². The minimum absolute atomic E-state index is 0.0488. The van der Waals surface area contributed by atoms with Gasteiger partial charge in [-0.15, -0.1) is 0 Å². The number of carbonyl (C=O) groups is 2. The molecule has 3 aromatic rings. The van der Waals surface area contributed by atoms with Crippen molar-refractivity contribution in [3.05, 3.63) is 100 Å². The van der Waals surface area contributed by atoms with Crippen molar-refractivity contribution in [3.63, 3.8) is 0 Å². The Morgan fingerprint density at radius 3 is 1.51 bits per heavy atom. The van der Waals surface area contributed by atoms with Gasteiger partial charge < -0.3 is 5.11 Å². The van der Waals surface area contributed by atoms with Crippen LogP contribution in [0.15, 0.2) is 66.7 Å². The molecular weight excluding hydrogens is 432 g/mol. The van der Waals surface area contributed by atoms with E-state index in [9.17, 15) is 14.7 Å². The summed E-state index contributed by atoms with van der Waals surface area (Å²) in [5.41, 5.74) is 3.68. The molecule has 3 aromatic carbocycles. The van der Waals surface area contributed by atoms with E-state index < -0.39 is 10.8 Å². The molecule has 184 valence electrons. The maximum atomic E-state index is 13.8. The molecule has 0 radical (unpaired) electrons. The number of phenolic OH excluding ortho intramolecular Hbond substituents is 1. The first-order chi connectivity index (χ1) is 16.4. The van der Waals surface area contributed by atoms with E-state index in [1.165, 1.54) is 0 Å². The molecule has 0 amide bonds. The fourth-order valence-electron chi connectivity index (χ4n) is 4.75. The van der Waals surface area contributed by atoms with E-state index in [0.717, 1.165) is 22.3 Å². The standard InChI is InChI=1S/C32H38O3/c1-31(2,3)29-27(35)21-24(25(33)19-17-22-13-9-7-10-14-22)28(30(29)32(4,5)6)26(34)20-18-23-15-11-8-12-16-23/h7-16,21,35H,17-20H2,1-6H3. The maximum absolute atomic E-state index is 13.8. The monoisotopic (exact) mass is 470 g/mol. The van der Waals surface area contributed by atoms with Gasteiger partial charge in [0.25, 0.3) is 0 Å². The van der Waals surface area contributed by atoms with Gasteiger partial charge in [-0.05, 0) is 46.4 Å². The normalized spacial score (nSPS) is 11.9. The van der Waals surface area contributed by atoms with Crippen molar-refractivity contribution in [1.29, 1.82) is 0 Å². The van der Waals surface area contributed by atoms with Crippen molar-refractivity contribution >= 4 is 11.6 Å². The smallest absolute Gasteiger partial charge is 0.164 e. The van der Waals surface area contributed by atoms with E-state index in [2.05, 4.69) is 0 Å². The second kappa shape index (κ2) is 10.6. The summed E-state index contributed by atoms with van der Waals surface area (Å²) in [5.74, 6) is -0.0735. The number of carbonyl (C=O) groups excluding carboxylic acids is 2. The van der Waals surface area contributed by atoms with Crippen LogP contribution in [0.3, 0.4) is 0 Å². The molecule has 0 saturated carbocycles. The van der Waals surface area contributed by atoms with Crippen LogP contribution in [-0.2, 0) is 23.7 Å². The molecule has 0 atom stereocenters. The molecule has 3 nitrogen and oxygen atoms in total. The largest absolute Gasteiger partial charge is 0.508 e. The number of Topliss-reactive ketones (excluding diaryl/α,β-unsaturated/α-hetero) is 2. The first kappa shape index (κ1) is 26.4. The van der Waals surface area contributed by atoms with E-state index in [1.807, 2.05) is 102 Å². The second-order valence-corrected chi connectivity index (χ2v) is 11.4. The van der Waals surface area contributed by atoms with E-state index in [4.69, 9.17) is 0 Å². The fraction of sp³-hybridized carbons (Fsp3) is 0.375. The SMILES string of the molecule is CC(C)(C)c1c(O)cc(C(=O)CCc2ccccc2)c(C(=O)CCc2ccccc2)c1C(C)(C)C. The van der Waals surface area contributed by atoms with Gasteiger partial charge >= 0.3 is 0 Å². The van der Waals surface area contributed by atoms with Crippen LogP contribution in [-0.4, -0.2) is 16.7 Å². The van der Waals surface area contributed by atoms with Crippen LogP contribution in [0.2, 0.25) is 0 Å². The molecule has 3 heteroatoms. The molecule has 0 aliphatic rings. The Morgan fingerprint density at radius 2 is 1.09 bits per heavy atom. The summed E-state index contributed by atoms with van der Waals surface area (Å²) in [4.78, 5) is 27.4. The van der Waals surface area contributed by atoms with Gasteiger partial charge in [-0.3, -0.25) is 9.59 Å². The lowest BCUT2D eigenvalue weighted by molar-refractivity contribution is 0.0947. The quantitative estimate of drug-likeness (QED) is 0.345. The molecule has 0 aromatic heterocycles. The van der Waals surface area contributed by atoms with Crippen molar-refractivity contribution in [2.45, 2.75) is 78.1 Å². The molecule has 0 aliphatic carbocycles. The average Bonchev–Trinajstić information content (AvgIpc) is 2.80. The van der Waals surface area contributed by atoms with Gasteiger partial charge in [0, 0.05) is 29.5 Å². The zero-order valence-corrected chi connectivity index (χ0v) is 21.9. The van der Waals surface area contributed by atoms with Crippen LogP contribution >= 0.6 is 0 Å². The first-order valence-corrected chi connectivity index (χ1v) is 12.4. The molecular formula is C32H38O3. The van der Waals surface area contributed by atoms with E-state index >= 15 is 0 Å². The summed E-state index contributed by atoms with van der Waals surface area (Å²) in [6.07, 6.45) is 1.78. The fourth-order valence-corrected chi connectivity index (χ4v) is 4.75. The van der Waals surface area contributed by atoms with Gasteiger partial charge in [-0.1, -0.05) is 102 Å². The number of hydrogen-bond donors (Lipinski definition) is 1. The number of aromatic hydroxyl groups is 1. The van der Waals surface area contributed by atoms with Crippen LogP contribution in [0.5, 0.6) is 5.75 Å². The molecule has 35 heavy (non-hydrogen) atoms. The Bertz CT molecular complexity index is 1180. The summed E-state index contributed by atoms with van der Waals surface area (Å²) in [6.45, 7) is 12.2. The number of benzene rings is 3. The van der Waals surface area contributed by atoms with Crippen molar-refractivity contribution in [2.75, 3.05) is 0 Å². The molecule has 1 N–H and O–H groups in total. The number of ketones is 2. The molecule has 0 aliphatic heterocycles. The molecule has 0 bridgehead atoms. The Balaban J connectivity index is 2.11. The first-order valence-electron chi connectivity index (χ1n) is 12.4. The lowest BCUT2D eigenvalue weighted by atomic mass is 9.70. The summed E-state index contributed by atoms with van der Waals surface area (Å²) < 4.78 is 0. The zero-order chi connectivity index (χ0) is 25.8. The predicted molar refractivity (Wildman–Crippen MR) is 144 cm³/mol. The van der Waals surface area contributed by atoms with Crippen LogP contribution in [0, 0.1) is 0 Å². The third kappa shape index (κ3) is 6.48. The Hall–Kier alpha value is -3.20.